The smallest absolute Gasteiger partial charge is 0.416 e. The first kappa shape index (κ1) is 36.5. The molecule has 1 saturated heterocycles. The predicted octanol–water partition coefficient (Wildman–Crippen LogP) is 4.98. The first-order chi connectivity index (χ1) is 29.4. The van der Waals surface area contributed by atoms with Gasteiger partial charge in [0.05, 0.1) is 33.5 Å². The van der Waals surface area contributed by atoms with Crippen molar-refractivity contribution in [3.05, 3.63) is 136 Å². The summed E-state index contributed by atoms with van der Waals surface area (Å²) in [6.45, 7) is 0. The second kappa shape index (κ2) is 13.2. The number of hydrogen-bond donors (Lipinski definition) is 3. The monoisotopic (exact) mass is 819 g/mol. The molecule has 3 aliphatic heterocycles. The zero-order valence-corrected chi connectivity index (χ0v) is 31.4. The highest BCUT2D eigenvalue weighted by Gasteiger charge is 2.61. The number of carbonyl (C=O) groups is 4. The van der Waals surface area contributed by atoms with Crippen molar-refractivity contribution in [1.29, 1.82) is 0 Å². The number of rotatable bonds is 7. The van der Waals surface area contributed by atoms with Crippen LogP contribution in [0, 0.1) is 0 Å². The molecule has 4 atom stereocenters. The fraction of sp³-hybridized carbons (Fsp3) is 0.159. The molecular weight excluding hydrogens is 792 g/mol. The molecule has 1 radical (unpaired) electrons. The van der Waals surface area contributed by atoms with E-state index in [0.29, 0.717) is 67.2 Å². The van der Waals surface area contributed by atoms with Gasteiger partial charge in [-0.15, -0.1) is 0 Å². The summed E-state index contributed by atoms with van der Waals surface area (Å²) in [5.41, 5.74) is 3.21. The summed E-state index contributed by atoms with van der Waals surface area (Å²) in [5.74, 6) is -0.423. The number of imidazole rings is 1. The number of benzene rings is 4. The topological polar surface area (TPSA) is 176 Å². The molecule has 1 aliphatic carbocycles. The number of carbonyl (C=O) groups excluding carboxylic acids is 4. The Morgan fingerprint density at radius 2 is 1.69 bits per heavy atom. The van der Waals surface area contributed by atoms with E-state index in [1.807, 2.05) is 12.1 Å². The molecule has 4 amide bonds. The van der Waals surface area contributed by atoms with Crippen molar-refractivity contribution in [3.8, 4) is 28.4 Å². The van der Waals surface area contributed by atoms with Crippen molar-refractivity contribution in [2.45, 2.75) is 43.0 Å². The van der Waals surface area contributed by atoms with Crippen molar-refractivity contribution in [1.82, 2.24) is 30.2 Å². The summed E-state index contributed by atoms with van der Waals surface area (Å²) < 4.78 is 52.5. The van der Waals surface area contributed by atoms with Gasteiger partial charge in [-0.25, -0.2) is 9.97 Å². The highest BCUT2D eigenvalue weighted by Crippen LogP contribution is 2.63. The van der Waals surface area contributed by atoms with Crippen molar-refractivity contribution >= 4 is 63.9 Å². The maximum atomic E-state index is 13.6. The number of imide groups is 2. The standard InChI is InChI=1S/C44H27BF3N6O7/c46-44(47,48)20-6-10-28-29(16-20)51-39(50-28)36-35-25-17-22(9-12-31(25)61-37(35)36)60-32-14-15-49-38-26(32)18-24(40(56)53-38)19-4-7-21(8-5-19)45-27-3-1-2-23-34(27)43(59)54(42(23)58)30-11-13-33(55)52-41(30)57/h1-10,12,14-18,30,35-37H,11,13H2,(H,50,51)(H,49,53,56)(H,52,55,57)/t30?,35-,36-,37-/m0/s1. The Morgan fingerprint density at radius 3 is 2.49 bits per heavy atom. The number of nitrogens with one attached hydrogen (secondary N) is 3. The molecule has 1 saturated carbocycles. The van der Waals surface area contributed by atoms with Crippen LogP contribution in [-0.2, 0) is 15.8 Å². The van der Waals surface area contributed by atoms with Gasteiger partial charge in [-0.3, -0.25) is 34.2 Å². The third-order valence-corrected chi connectivity index (χ3v) is 11.7. The zero-order chi connectivity index (χ0) is 41.9. The molecule has 4 aromatic carbocycles. The van der Waals surface area contributed by atoms with Crippen LogP contribution in [0.15, 0.2) is 102 Å². The minimum Gasteiger partial charge on any atom is -0.489 e. The van der Waals surface area contributed by atoms with Gasteiger partial charge in [0.1, 0.15) is 40.9 Å². The summed E-state index contributed by atoms with van der Waals surface area (Å²) in [5, 5.41) is 2.74. The number of ether oxygens (including phenoxy) is 2. The number of hydrogen-bond acceptors (Lipinski definition) is 9. The van der Waals surface area contributed by atoms with Crippen LogP contribution in [-0.4, -0.2) is 67.9 Å². The molecule has 7 aromatic rings. The van der Waals surface area contributed by atoms with Crippen LogP contribution in [0.5, 0.6) is 17.2 Å². The van der Waals surface area contributed by atoms with Crippen LogP contribution in [0.2, 0.25) is 0 Å². The van der Waals surface area contributed by atoms with Gasteiger partial charge in [0.15, 0.2) is 7.28 Å². The van der Waals surface area contributed by atoms with E-state index in [-0.39, 0.29) is 47.5 Å². The molecule has 0 bridgehead atoms. The molecule has 13 nitrogen and oxygen atoms in total. The fourth-order valence-corrected chi connectivity index (χ4v) is 8.70. The largest absolute Gasteiger partial charge is 0.489 e. The molecule has 6 heterocycles. The van der Waals surface area contributed by atoms with E-state index in [1.54, 1.807) is 61.9 Å². The van der Waals surface area contributed by atoms with E-state index in [9.17, 15) is 37.1 Å². The Hall–Kier alpha value is -7.56. The summed E-state index contributed by atoms with van der Waals surface area (Å²) in [6, 6.07) is 23.1. The van der Waals surface area contributed by atoms with Crippen LogP contribution in [0.1, 0.15) is 62.3 Å². The van der Waals surface area contributed by atoms with Gasteiger partial charge in [0.25, 0.3) is 17.4 Å². The Balaban J connectivity index is 0.830. The number of fused-ring (bicyclic) bond motifs is 6. The Kier molecular flexibility index (Phi) is 7.92. The van der Waals surface area contributed by atoms with Crippen LogP contribution in [0.3, 0.4) is 0 Å². The summed E-state index contributed by atoms with van der Waals surface area (Å²) in [6.07, 6.45) is -3.10. The molecule has 3 aromatic heterocycles. The minimum atomic E-state index is -4.47. The minimum absolute atomic E-state index is 0.0167. The quantitative estimate of drug-likeness (QED) is 0.148. The van der Waals surface area contributed by atoms with E-state index in [4.69, 9.17) is 9.47 Å². The molecule has 0 spiro atoms. The van der Waals surface area contributed by atoms with Crippen LogP contribution >= 0.6 is 0 Å². The van der Waals surface area contributed by atoms with Crippen molar-refractivity contribution in [2.75, 3.05) is 0 Å². The number of alkyl halides is 3. The van der Waals surface area contributed by atoms with E-state index in [1.165, 1.54) is 18.3 Å². The molecule has 11 rings (SSSR count). The summed E-state index contributed by atoms with van der Waals surface area (Å²) >= 11 is 0. The molecule has 3 N–H and O–H groups in total. The Bertz CT molecular complexity index is 3150. The molecule has 17 heteroatoms. The average molecular weight is 820 g/mol. The lowest BCUT2D eigenvalue weighted by Gasteiger charge is -2.27. The second-order valence-electron chi connectivity index (χ2n) is 15.4. The van der Waals surface area contributed by atoms with Gasteiger partial charge in [0, 0.05) is 35.2 Å². The highest BCUT2D eigenvalue weighted by molar-refractivity contribution is 6.69. The number of pyridine rings is 2. The summed E-state index contributed by atoms with van der Waals surface area (Å²) in [4.78, 5) is 80.3. The second-order valence-corrected chi connectivity index (χ2v) is 15.4. The molecule has 299 valence electrons. The van der Waals surface area contributed by atoms with Gasteiger partial charge >= 0.3 is 6.18 Å². The number of aromatic amines is 2. The normalized spacial score (nSPS) is 20.3. The third-order valence-electron chi connectivity index (χ3n) is 11.7. The molecule has 2 fully saturated rings. The zero-order valence-electron chi connectivity index (χ0n) is 31.4. The van der Waals surface area contributed by atoms with Crippen molar-refractivity contribution in [2.24, 2.45) is 0 Å². The van der Waals surface area contributed by atoms with E-state index >= 15 is 0 Å². The molecule has 61 heavy (non-hydrogen) atoms. The van der Waals surface area contributed by atoms with Crippen LogP contribution in [0.25, 0.3) is 33.2 Å². The first-order valence-electron chi connectivity index (χ1n) is 19.3. The highest BCUT2D eigenvalue weighted by atomic mass is 19.4. The molecular formula is C44H27BF3N6O7. The maximum absolute atomic E-state index is 13.6. The lowest BCUT2D eigenvalue weighted by Crippen LogP contribution is -2.54. The number of aromatic nitrogens is 4. The molecule has 1 unspecified atom stereocenters. The fourth-order valence-electron chi connectivity index (χ4n) is 8.70. The van der Waals surface area contributed by atoms with Crippen LogP contribution in [0.4, 0.5) is 13.2 Å². The summed E-state index contributed by atoms with van der Waals surface area (Å²) in [7, 11) is 1.74. The Labute approximate surface area is 342 Å². The maximum Gasteiger partial charge on any atom is 0.416 e. The van der Waals surface area contributed by atoms with Gasteiger partial charge < -0.3 is 19.4 Å². The van der Waals surface area contributed by atoms with Crippen LogP contribution < -0.4 is 31.3 Å². The number of piperidine rings is 1. The predicted molar refractivity (Wildman–Crippen MR) is 213 cm³/mol. The van der Waals surface area contributed by atoms with E-state index in [2.05, 4.69) is 25.3 Å². The number of nitrogens with zero attached hydrogens (tertiary/aromatic N) is 3. The number of halogens is 3. The van der Waals surface area contributed by atoms with Crippen molar-refractivity contribution < 1.29 is 41.8 Å². The van der Waals surface area contributed by atoms with E-state index in [0.717, 1.165) is 22.6 Å². The SMILES string of the molecule is O=C1CCC(N2C(=O)c3cccc([B]c4ccc(-c5cc6c(Oc7ccc8c(c7)[C@@H]7[C@H](O8)[C@H]7c7nc8ccc(C(F)(F)F)cc8[nH]7)ccnc6[nH]c5=O)cc4)c3C2=O)C(=O)N1. The third kappa shape index (κ3) is 5.98. The van der Waals surface area contributed by atoms with Gasteiger partial charge in [-0.1, -0.05) is 47.3 Å². The Morgan fingerprint density at radius 1 is 0.852 bits per heavy atom. The van der Waals surface area contributed by atoms with Gasteiger partial charge in [-0.05, 0) is 66.6 Å². The average Bonchev–Trinajstić information content (AvgIpc) is 3.45. The first-order valence-corrected chi connectivity index (χ1v) is 19.3. The number of amides is 4. The van der Waals surface area contributed by atoms with Gasteiger partial charge in [-0.2, -0.15) is 13.2 Å². The lowest BCUT2D eigenvalue weighted by atomic mass is 9.62. The van der Waals surface area contributed by atoms with E-state index < -0.39 is 41.4 Å². The lowest BCUT2D eigenvalue weighted by molar-refractivity contribution is -0.138. The molecule has 4 aliphatic rings. The van der Waals surface area contributed by atoms with Crippen molar-refractivity contribution in [3.63, 3.8) is 0 Å². The number of H-pyrrole nitrogens is 2. The van der Waals surface area contributed by atoms with Gasteiger partial charge in [0.2, 0.25) is 11.8 Å².